The minimum Gasteiger partial charge on any atom is -0.290 e. The fourth-order valence-electron chi connectivity index (χ4n) is 4.24. The van der Waals surface area contributed by atoms with E-state index in [1.165, 1.54) is 21.9 Å². The molecule has 37 heavy (non-hydrogen) atoms. The van der Waals surface area contributed by atoms with Crippen LogP contribution < -0.4 is 10.4 Å². The summed E-state index contributed by atoms with van der Waals surface area (Å²) in [6, 6.07) is 21.9. The van der Waals surface area contributed by atoms with Crippen LogP contribution in [0.15, 0.2) is 83.3 Å². The molecule has 1 saturated heterocycles. The lowest BCUT2D eigenvalue weighted by molar-refractivity contribution is -0.131. The van der Waals surface area contributed by atoms with E-state index in [1.807, 2.05) is 54.6 Å². The second-order valence-corrected chi connectivity index (χ2v) is 9.31. The number of nitrogens with zero attached hydrogens (tertiary/aromatic N) is 3. The van der Waals surface area contributed by atoms with Crippen LogP contribution in [0, 0.1) is 0 Å². The molecule has 0 bridgehead atoms. The number of carbonyl (C=O) groups is 4. The molecule has 1 fully saturated rings. The molecule has 3 aromatic rings. The molecule has 190 valence electrons. The highest BCUT2D eigenvalue weighted by molar-refractivity contribution is 9.10. The predicted molar refractivity (Wildman–Crippen MR) is 139 cm³/mol. The third kappa shape index (κ3) is 5.40. The van der Waals surface area contributed by atoms with Gasteiger partial charge < -0.3 is 0 Å². The van der Waals surface area contributed by atoms with Crippen LogP contribution in [0.2, 0.25) is 0 Å². The van der Waals surface area contributed by atoms with Crippen molar-refractivity contribution in [3.63, 3.8) is 0 Å². The van der Waals surface area contributed by atoms with Gasteiger partial charge >= 0.3 is 6.03 Å². The first-order valence-electron chi connectivity index (χ1n) is 11.6. The Labute approximate surface area is 222 Å². The summed E-state index contributed by atoms with van der Waals surface area (Å²) in [6.07, 6.45) is -1.32. The van der Waals surface area contributed by atoms with Crippen molar-refractivity contribution in [2.45, 2.75) is 32.6 Å². The van der Waals surface area contributed by atoms with Crippen LogP contribution >= 0.6 is 15.9 Å². The highest BCUT2D eigenvalue weighted by atomic mass is 79.9. The third-order valence-electron chi connectivity index (χ3n) is 6.03. The number of urea groups is 1. The van der Waals surface area contributed by atoms with Crippen molar-refractivity contribution in [3.8, 4) is 0 Å². The Hall–Kier alpha value is -4.02. The Morgan fingerprint density at radius 1 is 0.919 bits per heavy atom. The number of carbonyl (C=O) groups excluding carboxylic acids is 4. The van der Waals surface area contributed by atoms with Gasteiger partial charge in [0.05, 0.1) is 17.8 Å². The summed E-state index contributed by atoms with van der Waals surface area (Å²) in [7, 11) is 0. The zero-order valence-corrected chi connectivity index (χ0v) is 21.6. The minimum atomic E-state index is -1.33. The second kappa shape index (κ2) is 11.4. The molecule has 1 heterocycles. The van der Waals surface area contributed by atoms with E-state index in [2.05, 4.69) is 15.9 Å². The zero-order valence-electron chi connectivity index (χ0n) is 20.0. The molecule has 4 rings (SSSR count). The Bertz CT molecular complexity index is 1320. The Balaban J connectivity index is 1.82. The lowest BCUT2D eigenvalue weighted by Gasteiger charge is -2.33. The van der Waals surface area contributed by atoms with Crippen LogP contribution in [-0.4, -0.2) is 44.9 Å². The van der Waals surface area contributed by atoms with Crippen molar-refractivity contribution in [1.29, 1.82) is 0 Å². The normalized spacial score (nSPS) is 15.2. The third-order valence-corrected chi connectivity index (χ3v) is 6.56. The van der Waals surface area contributed by atoms with Crippen molar-refractivity contribution in [2.75, 3.05) is 4.90 Å². The maximum absolute atomic E-state index is 13.9. The molecule has 5 amide bonds. The molecule has 0 radical (unpaired) electrons. The molecule has 9 nitrogen and oxygen atoms in total. The summed E-state index contributed by atoms with van der Waals surface area (Å²) < 4.78 is 0.856. The highest BCUT2D eigenvalue weighted by Crippen LogP contribution is 2.32. The van der Waals surface area contributed by atoms with Crippen LogP contribution in [0.3, 0.4) is 0 Å². The van der Waals surface area contributed by atoms with E-state index in [0.29, 0.717) is 0 Å². The van der Waals surface area contributed by atoms with Crippen LogP contribution in [0.4, 0.5) is 10.5 Å². The number of amides is 5. The van der Waals surface area contributed by atoms with Gasteiger partial charge in [-0.1, -0.05) is 77.5 Å². The van der Waals surface area contributed by atoms with E-state index in [9.17, 15) is 24.4 Å². The number of benzene rings is 3. The molecule has 1 atom stereocenters. The zero-order chi connectivity index (χ0) is 26.5. The molecule has 10 heteroatoms. The lowest BCUT2D eigenvalue weighted by Crippen LogP contribution is -2.52. The van der Waals surface area contributed by atoms with E-state index < -0.39 is 29.9 Å². The SMILES string of the molecule is CCC(=O)N(c1ccccc1C(=O)NO)C1C(=O)N(Cc2ccccc2)C(=O)N1Cc1ccc(Br)cc1. The summed E-state index contributed by atoms with van der Waals surface area (Å²) in [5.74, 6) is -1.90. The van der Waals surface area contributed by atoms with Gasteiger partial charge in [0, 0.05) is 17.4 Å². The number of para-hydroxylation sites is 1. The van der Waals surface area contributed by atoms with Crippen molar-refractivity contribution < 1.29 is 24.4 Å². The van der Waals surface area contributed by atoms with E-state index >= 15 is 0 Å². The lowest BCUT2D eigenvalue weighted by atomic mass is 10.1. The van der Waals surface area contributed by atoms with Gasteiger partial charge in [0.15, 0.2) is 6.17 Å². The first-order chi connectivity index (χ1) is 17.8. The topological polar surface area (TPSA) is 110 Å². The molecule has 1 unspecified atom stereocenters. The molecule has 0 aliphatic carbocycles. The second-order valence-electron chi connectivity index (χ2n) is 8.40. The fraction of sp³-hybridized carbons (Fsp3) is 0.185. The highest BCUT2D eigenvalue weighted by Gasteiger charge is 2.50. The summed E-state index contributed by atoms with van der Waals surface area (Å²) >= 11 is 3.39. The Kier molecular flexibility index (Phi) is 8.00. The summed E-state index contributed by atoms with van der Waals surface area (Å²) in [5.41, 5.74) is 3.18. The van der Waals surface area contributed by atoms with Crippen molar-refractivity contribution in [2.24, 2.45) is 0 Å². The Morgan fingerprint density at radius 2 is 1.54 bits per heavy atom. The average molecular weight is 565 g/mol. The van der Waals surface area contributed by atoms with Gasteiger partial charge in [-0.3, -0.25) is 34.3 Å². The number of hydrogen-bond donors (Lipinski definition) is 2. The number of hydrogen-bond acceptors (Lipinski definition) is 5. The van der Waals surface area contributed by atoms with Crippen LogP contribution in [0.5, 0.6) is 0 Å². The molecule has 2 N–H and O–H groups in total. The summed E-state index contributed by atoms with van der Waals surface area (Å²) in [4.78, 5) is 57.0. The molecular weight excluding hydrogens is 540 g/mol. The number of rotatable bonds is 8. The minimum absolute atomic E-state index is 0.0118. The molecule has 0 saturated carbocycles. The van der Waals surface area contributed by atoms with Gasteiger partial charge in [-0.2, -0.15) is 0 Å². The smallest absolute Gasteiger partial charge is 0.290 e. The molecular formula is C27H25BrN4O5. The number of nitrogens with one attached hydrogen (secondary N) is 1. The first-order valence-corrected chi connectivity index (χ1v) is 12.4. The molecule has 3 aromatic carbocycles. The number of hydroxylamine groups is 1. The fourth-order valence-corrected chi connectivity index (χ4v) is 4.50. The summed E-state index contributed by atoms with van der Waals surface area (Å²) in [6.45, 7) is 1.71. The molecule has 0 aromatic heterocycles. The molecule has 1 aliphatic rings. The van der Waals surface area contributed by atoms with Gasteiger partial charge in [-0.25, -0.2) is 10.3 Å². The Morgan fingerprint density at radius 3 is 2.19 bits per heavy atom. The largest absolute Gasteiger partial charge is 0.329 e. The van der Waals surface area contributed by atoms with Crippen molar-refractivity contribution >= 4 is 45.4 Å². The van der Waals surface area contributed by atoms with Crippen LogP contribution in [0.1, 0.15) is 34.8 Å². The van der Waals surface area contributed by atoms with Crippen LogP contribution in [0.25, 0.3) is 0 Å². The number of imide groups is 1. The van der Waals surface area contributed by atoms with Gasteiger partial charge in [0.25, 0.3) is 11.8 Å². The summed E-state index contributed by atoms with van der Waals surface area (Å²) in [5, 5.41) is 9.28. The van der Waals surface area contributed by atoms with Gasteiger partial charge in [-0.15, -0.1) is 0 Å². The van der Waals surface area contributed by atoms with Gasteiger partial charge in [0.1, 0.15) is 0 Å². The van der Waals surface area contributed by atoms with E-state index in [1.54, 1.807) is 24.5 Å². The monoisotopic (exact) mass is 564 g/mol. The maximum atomic E-state index is 13.9. The molecule has 1 aliphatic heterocycles. The van der Waals surface area contributed by atoms with E-state index in [4.69, 9.17) is 0 Å². The maximum Gasteiger partial charge on any atom is 0.329 e. The quantitative estimate of drug-likeness (QED) is 0.241. The van der Waals surface area contributed by atoms with E-state index in [-0.39, 0.29) is 30.8 Å². The molecule has 0 spiro atoms. The van der Waals surface area contributed by atoms with Gasteiger partial charge in [-0.05, 0) is 35.4 Å². The predicted octanol–water partition coefficient (Wildman–Crippen LogP) is 4.30. The standard InChI is InChI=1S/C27H25BrN4O5/c1-2-23(33)32(22-11-7-6-10-21(22)24(34)29-37)25-26(35)31(17-18-8-4-3-5-9-18)27(36)30(25)16-19-12-14-20(28)15-13-19/h3-15,25,37H,2,16-17H2,1H3,(H,29,34). The number of halogens is 1. The van der Waals surface area contributed by atoms with E-state index in [0.717, 1.165) is 20.5 Å². The van der Waals surface area contributed by atoms with Crippen molar-refractivity contribution in [3.05, 3.63) is 100 Å². The number of anilines is 1. The van der Waals surface area contributed by atoms with Gasteiger partial charge in [0.2, 0.25) is 5.91 Å². The first kappa shape index (κ1) is 26.1. The van der Waals surface area contributed by atoms with Crippen molar-refractivity contribution in [1.82, 2.24) is 15.3 Å². The van der Waals surface area contributed by atoms with Crippen LogP contribution in [-0.2, 0) is 22.7 Å². The average Bonchev–Trinajstić information content (AvgIpc) is 3.14.